The lowest BCUT2D eigenvalue weighted by molar-refractivity contribution is -0.0498. The quantitative estimate of drug-likeness (QED) is 0.274. The van der Waals surface area contributed by atoms with Gasteiger partial charge in [0, 0.05) is 0 Å². The van der Waals surface area contributed by atoms with Crippen molar-refractivity contribution in [2.75, 3.05) is 0 Å². The fraction of sp³-hybridized carbons (Fsp3) is 0.724. The predicted octanol–water partition coefficient (Wildman–Crippen LogP) is 9.81. The van der Waals surface area contributed by atoms with E-state index in [9.17, 15) is 8.78 Å². The van der Waals surface area contributed by atoms with E-state index in [0.29, 0.717) is 0 Å². The molecular weight excluding hydrogens is 402 g/mol. The molecule has 0 heterocycles. The molecule has 0 N–H and O–H groups in total. The topological polar surface area (TPSA) is 9.23 Å². The van der Waals surface area contributed by atoms with Gasteiger partial charge in [0.1, 0.15) is 5.75 Å². The second-order valence-corrected chi connectivity index (χ2v) is 10.2. The maximum atomic E-state index is 12.3. The maximum Gasteiger partial charge on any atom is 0.387 e. The number of halogens is 2. The molecular formula is C29H44F2O. The van der Waals surface area contributed by atoms with Crippen LogP contribution in [0.4, 0.5) is 8.78 Å². The lowest BCUT2D eigenvalue weighted by Crippen LogP contribution is -2.23. The molecule has 0 bridgehead atoms. The first-order valence-corrected chi connectivity index (χ1v) is 13.4. The summed E-state index contributed by atoms with van der Waals surface area (Å²) in [4.78, 5) is 0. The van der Waals surface area contributed by atoms with Crippen LogP contribution in [0.2, 0.25) is 0 Å². The highest BCUT2D eigenvalue weighted by Gasteiger charge is 2.28. The predicted molar refractivity (Wildman–Crippen MR) is 131 cm³/mol. The SMILES string of the molecule is CCCCCCCCCCC1CCC(C2CC=C(c3ccc(OC(F)F)cc3)CC2)CC1. The third kappa shape index (κ3) is 8.52. The highest BCUT2D eigenvalue weighted by molar-refractivity contribution is 5.66. The normalized spacial score (nSPS) is 23.9. The first kappa shape index (κ1) is 25.2. The smallest absolute Gasteiger partial charge is 0.387 e. The molecule has 0 aromatic heterocycles. The Morgan fingerprint density at radius 1 is 0.812 bits per heavy atom. The zero-order chi connectivity index (χ0) is 22.6. The molecule has 0 amide bonds. The van der Waals surface area contributed by atoms with Crippen molar-refractivity contribution in [3.63, 3.8) is 0 Å². The summed E-state index contributed by atoms with van der Waals surface area (Å²) in [6.45, 7) is -0.471. The van der Waals surface area contributed by atoms with E-state index in [-0.39, 0.29) is 5.75 Å². The number of rotatable bonds is 13. The second kappa shape index (κ2) is 14.0. The van der Waals surface area contributed by atoms with Crippen molar-refractivity contribution in [2.24, 2.45) is 17.8 Å². The Labute approximate surface area is 195 Å². The first-order chi connectivity index (χ1) is 15.7. The molecule has 0 spiro atoms. The monoisotopic (exact) mass is 446 g/mol. The molecule has 1 atom stereocenters. The Morgan fingerprint density at radius 2 is 1.47 bits per heavy atom. The minimum absolute atomic E-state index is 0.238. The molecule has 3 rings (SSSR count). The van der Waals surface area contributed by atoms with Crippen molar-refractivity contribution < 1.29 is 13.5 Å². The van der Waals surface area contributed by atoms with Gasteiger partial charge in [-0.3, -0.25) is 0 Å². The molecule has 1 unspecified atom stereocenters. The van der Waals surface area contributed by atoms with Crippen LogP contribution in [0.1, 0.15) is 115 Å². The second-order valence-electron chi connectivity index (χ2n) is 10.2. The van der Waals surface area contributed by atoms with Gasteiger partial charge >= 0.3 is 6.61 Å². The van der Waals surface area contributed by atoms with Gasteiger partial charge in [-0.25, -0.2) is 0 Å². The van der Waals surface area contributed by atoms with Crippen LogP contribution in [-0.4, -0.2) is 6.61 Å². The average molecular weight is 447 g/mol. The van der Waals surface area contributed by atoms with E-state index in [1.165, 1.54) is 102 Å². The van der Waals surface area contributed by atoms with E-state index in [2.05, 4.69) is 17.7 Å². The first-order valence-electron chi connectivity index (χ1n) is 13.4. The van der Waals surface area contributed by atoms with Crippen LogP contribution in [0.5, 0.6) is 5.75 Å². The van der Waals surface area contributed by atoms with E-state index in [4.69, 9.17) is 0 Å². The van der Waals surface area contributed by atoms with Crippen molar-refractivity contribution in [3.8, 4) is 5.75 Å². The largest absolute Gasteiger partial charge is 0.435 e. The van der Waals surface area contributed by atoms with Crippen LogP contribution in [0, 0.1) is 17.8 Å². The minimum atomic E-state index is -2.76. The molecule has 3 heteroatoms. The van der Waals surface area contributed by atoms with Crippen molar-refractivity contribution in [1.82, 2.24) is 0 Å². The lowest BCUT2D eigenvalue weighted by Gasteiger charge is -2.35. The van der Waals surface area contributed by atoms with Crippen molar-refractivity contribution in [1.29, 1.82) is 0 Å². The minimum Gasteiger partial charge on any atom is -0.435 e. The van der Waals surface area contributed by atoms with Gasteiger partial charge in [0.25, 0.3) is 0 Å². The van der Waals surface area contributed by atoms with Gasteiger partial charge in [0.05, 0.1) is 0 Å². The Hall–Kier alpha value is -1.38. The van der Waals surface area contributed by atoms with Gasteiger partial charge in [-0.1, -0.05) is 95.8 Å². The molecule has 2 aliphatic carbocycles. The van der Waals surface area contributed by atoms with Crippen LogP contribution in [0.3, 0.4) is 0 Å². The third-order valence-corrected chi connectivity index (χ3v) is 7.93. The Kier molecular flexibility index (Phi) is 11.1. The zero-order valence-corrected chi connectivity index (χ0v) is 20.2. The van der Waals surface area contributed by atoms with E-state index >= 15 is 0 Å². The summed E-state index contributed by atoms with van der Waals surface area (Å²) in [5, 5.41) is 0. The molecule has 1 aromatic rings. The van der Waals surface area contributed by atoms with Gasteiger partial charge in [-0.05, 0) is 73.1 Å². The van der Waals surface area contributed by atoms with Crippen LogP contribution in [0.25, 0.3) is 5.57 Å². The summed E-state index contributed by atoms with van der Waals surface area (Å²) in [7, 11) is 0. The standard InChI is InChI=1S/C29H44F2O/c1-2-3-4-5-6-7-8-9-10-23-11-13-24(14-12-23)25-15-17-26(18-16-25)27-19-21-28(22-20-27)32-29(30)31/h17,19-25,29H,2-16,18H2,1H3. The number of hydrogen-bond donors (Lipinski definition) is 0. The fourth-order valence-electron chi connectivity index (χ4n) is 5.91. The van der Waals surface area contributed by atoms with E-state index in [1.54, 1.807) is 12.1 Å². The number of allylic oxidation sites excluding steroid dienone is 2. The summed E-state index contributed by atoms with van der Waals surface area (Å²) in [6.07, 6.45) is 24.6. The molecule has 180 valence electrons. The van der Waals surface area contributed by atoms with Crippen LogP contribution < -0.4 is 4.74 Å². The number of unbranched alkanes of at least 4 members (excludes halogenated alkanes) is 7. The number of ether oxygens (including phenoxy) is 1. The summed E-state index contributed by atoms with van der Waals surface area (Å²) in [6, 6.07) is 7.14. The fourth-order valence-corrected chi connectivity index (χ4v) is 5.91. The summed E-state index contributed by atoms with van der Waals surface area (Å²) >= 11 is 0. The van der Waals surface area contributed by atoms with Gasteiger partial charge in [-0.15, -0.1) is 0 Å². The van der Waals surface area contributed by atoms with Gasteiger partial charge < -0.3 is 4.74 Å². The van der Waals surface area contributed by atoms with Crippen molar-refractivity contribution >= 4 is 5.57 Å². The molecule has 32 heavy (non-hydrogen) atoms. The highest BCUT2D eigenvalue weighted by Crippen LogP contribution is 2.42. The molecule has 0 radical (unpaired) electrons. The zero-order valence-electron chi connectivity index (χ0n) is 20.2. The van der Waals surface area contributed by atoms with E-state index < -0.39 is 6.61 Å². The Bertz CT molecular complexity index is 658. The molecule has 1 nitrogen and oxygen atoms in total. The average Bonchev–Trinajstić information content (AvgIpc) is 2.81. The van der Waals surface area contributed by atoms with Gasteiger partial charge in [0.2, 0.25) is 0 Å². The molecule has 1 aromatic carbocycles. The molecule has 0 saturated heterocycles. The Balaban J connectivity index is 1.31. The van der Waals surface area contributed by atoms with E-state index in [1.807, 2.05) is 12.1 Å². The maximum absolute atomic E-state index is 12.3. The number of benzene rings is 1. The summed E-state index contributed by atoms with van der Waals surface area (Å²) < 4.78 is 29.1. The molecule has 0 aliphatic heterocycles. The molecule has 1 fully saturated rings. The summed E-state index contributed by atoms with van der Waals surface area (Å²) in [5.74, 6) is 2.96. The van der Waals surface area contributed by atoms with Crippen LogP contribution >= 0.6 is 0 Å². The van der Waals surface area contributed by atoms with Gasteiger partial charge in [-0.2, -0.15) is 8.78 Å². The van der Waals surface area contributed by atoms with Crippen molar-refractivity contribution in [3.05, 3.63) is 35.9 Å². The Morgan fingerprint density at radius 3 is 2.06 bits per heavy atom. The number of alkyl halides is 2. The number of hydrogen-bond acceptors (Lipinski definition) is 1. The van der Waals surface area contributed by atoms with Crippen LogP contribution in [-0.2, 0) is 0 Å². The lowest BCUT2D eigenvalue weighted by atomic mass is 9.70. The highest BCUT2D eigenvalue weighted by atomic mass is 19.3. The van der Waals surface area contributed by atoms with Crippen molar-refractivity contribution in [2.45, 2.75) is 116 Å². The van der Waals surface area contributed by atoms with Gasteiger partial charge in [0.15, 0.2) is 0 Å². The van der Waals surface area contributed by atoms with E-state index in [0.717, 1.165) is 29.7 Å². The van der Waals surface area contributed by atoms with Crippen LogP contribution in [0.15, 0.2) is 30.3 Å². The molecule has 1 saturated carbocycles. The molecule has 2 aliphatic rings. The third-order valence-electron chi connectivity index (χ3n) is 7.93. The summed E-state index contributed by atoms with van der Waals surface area (Å²) in [5.41, 5.74) is 2.52.